The first kappa shape index (κ1) is 13.5. The molecule has 1 aromatic heterocycles. The van der Waals surface area contributed by atoms with Crippen molar-refractivity contribution in [2.24, 2.45) is 0 Å². The summed E-state index contributed by atoms with van der Waals surface area (Å²) in [5.74, 6) is -2.30. The highest BCUT2D eigenvalue weighted by Crippen LogP contribution is 2.28. The lowest BCUT2D eigenvalue weighted by molar-refractivity contribution is -0.384. The number of benzene rings is 1. The third-order valence-electron chi connectivity index (χ3n) is 2.46. The molecular weight excluding hydrogens is 273 g/mol. The number of nitro groups is 1. The maximum Gasteiger partial charge on any atom is 0.338 e. The van der Waals surface area contributed by atoms with Gasteiger partial charge in [-0.2, -0.15) is 0 Å². The first-order valence-corrected chi connectivity index (χ1v) is 5.33. The molecule has 20 heavy (non-hydrogen) atoms. The monoisotopic (exact) mass is 281 g/mol. The van der Waals surface area contributed by atoms with E-state index in [0.29, 0.717) is 11.8 Å². The van der Waals surface area contributed by atoms with E-state index in [-0.39, 0.29) is 12.2 Å². The molecule has 1 heterocycles. The Balaban J connectivity index is 2.35. The number of aromatic carboxylic acids is 1. The highest BCUT2D eigenvalue weighted by Gasteiger charge is 2.21. The molecule has 9 heteroatoms. The fraction of sp³-hybridized carbons (Fsp3) is 0.0909. The SMILES string of the molecule is O=C(O)c1cc(NCc2ccno2)c([N+](=O)[O-])cc1F. The van der Waals surface area contributed by atoms with Crippen LogP contribution in [-0.2, 0) is 6.54 Å². The number of nitro benzene ring substituents is 1. The Morgan fingerprint density at radius 3 is 2.85 bits per heavy atom. The van der Waals surface area contributed by atoms with Crippen molar-refractivity contribution in [3.05, 3.63) is 51.7 Å². The maximum absolute atomic E-state index is 13.4. The van der Waals surface area contributed by atoms with Crippen molar-refractivity contribution in [3.8, 4) is 0 Å². The van der Waals surface area contributed by atoms with Gasteiger partial charge in [0.2, 0.25) is 0 Å². The minimum Gasteiger partial charge on any atom is -0.478 e. The van der Waals surface area contributed by atoms with E-state index in [9.17, 15) is 19.3 Å². The van der Waals surface area contributed by atoms with Gasteiger partial charge in [-0.15, -0.1) is 0 Å². The molecule has 2 aromatic rings. The van der Waals surface area contributed by atoms with E-state index in [4.69, 9.17) is 9.63 Å². The van der Waals surface area contributed by atoms with Crippen molar-refractivity contribution in [3.63, 3.8) is 0 Å². The van der Waals surface area contributed by atoms with Gasteiger partial charge >= 0.3 is 5.97 Å². The van der Waals surface area contributed by atoms with Crippen molar-refractivity contribution in [2.45, 2.75) is 6.54 Å². The van der Waals surface area contributed by atoms with Crippen molar-refractivity contribution >= 4 is 17.3 Å². The molecule has 8 nitrogen and oxygen atoms in total. The average Bonchev–Trinajstić information content (AvgIpc) is 2.89. The summed E-state index contributed by atoms with van der Waals surface area (Å²) in [5.41, 5.74) is -1.34. The topological polar surface area (TPSA) is 118 Å². The Hall–Kier alpha value is -2.97. The van der Waals surface area contributed by atoms with Crippen molar-refractivity contribution in [1.29, 1.82) is 0 Å². The lowest BCUT2D eigenvalue weighted by Crippen LogP contribution is -2.07. The van der Waals surface area contributed by atoms with E-state index in [1.807, 2.05) is 0 Å². The minimum absolute atomic E-state index is 0.0472. The van der Waals surface area contributed by atoms with E-state index in [1.54, 1.807) is 0 Å². The van der Waals surface area contributed by atoms with Gasteiger partial charge in [0.15, 0.2) is 5.76 Å². The molecule has 0 saturated carbocycles. The molecule has 0 bridgehead atoms. The van der Waals surface area contributed by atoms with Crippen molar-refractivity contribution in [1.82, 2.24) is 5.16 Å². The van der Waals surface area contributed by atoms with Crippen LogP contribution in [0.3, 0.4) is 0 Å². The molecule has 0 aliphatic rings. The maximum atomic E-state index is 13.4. The molecule has 2 N–H and O–H groups in total. The van der Waals surface area contributed by atoms with Gasteiger partial charge in [-0.25, -0.2) is 9.18 Å². The number of carbonyl (C=O) groups is 1. The van der Waals surface area contributed by atoms with Gasteiger partial charge in [0, 0.05) is 6.07 Å². The van der Waals surface area contributed by atoms with Crippen molar-refractivity contribution in [2.75, 3.05) is 5.32 Å². The number of nitrogens with zero attached hydrogens (tertiary/aromatic N) is 2. The fourth-order valence-electron chi connectivity index (χ4n) is 1.53. The highest BCUT2D eigenvalue weighted by atomic mass is 19.1. The average molecular weight is 281 g/mol. The molecule has 0 fully saturated rings. The van der Waals surface area contributed by atoms with Gasteiger partial charge in [0.25, 0.3) is 5.69 Å². The number of aromatic nitrogens is 1. The summed E-state index contributed by atoms with van der Waals surface area (Å²) in [7, 11) is 0. The summed E-state index contributed by atoms with van der Waals surface area (Å²) in [4.78, 5) is 20.8. The quantitative estimate of drug-likeness (QED) is 0.635. The second-order valence-corrected chi connectivity index (χ2v) is 3.74. The highest BCUT2D eigenvalue weighted by molar-refractivity contribution is 5.90. The number of rotatable bonds is 5. The molecule has 104 valence electrons. The smallest absolute Gasteiger partial charge is 0.338 e. The number of carboxylic acids is 1. The number of nitrogens with one attached hydrogen (secondary N) is 1. The number of anilines is 1. The third kappa shape index (κ3) is 2.71. The summed E-state index contributed by atoms with van der Waals surface area (Å²) in [6.07, 6.45) is 1.39. The zero-order valence-electron chi connectivity index (χ0n) is 9.87. The molecule has 2 rings (SSSR count). The molecule has 0 aliphatic heterocycles. The van der Waals surface area contributed by atoms with E-state index < -0.39 is 28.0 Å². The Kier molecular flexibility index (Phi) is 3.60. The second kappa shape index (κ2) is 5.34. The lowest BCUT2D eigenvalue weighted by atomic mass is 10.1. The molecule has 0 spiro atoms. The molecule has 0 unspecified atom stereocenters. The van der Waals surface area contributed by atoms with Crippen LogP contribution in [-0.4, -0.2) is 21.2 Å². The van der Waals surface area contributed by atoms with Crippen LogP contribution in [0.2, 0.25) is 0 Å². The zero-order chi connectivity index (χ0) is 14.7. The van der Waals surface area contributed by atoms with Crippen molar-refractivity contribution < 1.29 is 23.7 Å². The Morgan fingerprint density at radius 1 is 1.55 bits per heavy atom. The zero-order valence-corrected chi connectivity index (χ0v) is 9.87. The molecular formula is C11H8FN3O5. The van der Waals surface area contributed by atoms with E-state index >= 15 is 0 Å². The predicted molar refractivity (Wildman–Crippen MR) is 63.8 cm³/mol. The number of carboxylic acid groups (broad SMARTS) is 1. The Labute approximate surface area is 111 Å². The van der Waals surface area contributed by atoms with E-state index in [2.05, 4.69) is 10.5 Å². The van der Waals surface area contributed by atoms with Gasteiger partial charge in [-0.05, 0) is 6.07 Å². The Morgan fingerprint density at radius 2 is 2.30 bits per heavy atom. The normalized spacial score (nSPS) is 10.2. The second-order valence-electron chi connectivity index (χ2n) is 3.74. The molecule has 0 radical (unpaired) electrons. The first-order valence-electron chi connectivity index (χ1n) is 5.33. The van der Waals surface area contributed by atoms with Crippen LogP contribution < -0.4 is 5.32 Å². The predicted octanol–water partition coefficient (Wildman–Crippen LogP) is 2.03. The molecule has 1 aromatic carbocycles. The van der Waals surface area contributed by atoms with Gasteiger partial charge in [-0.3, -0.25) is 10.1 Å². The standard InChI is InChI=1S/C11H8FN3O5/c12-8-4-10(15(18)19)9(3-7(8)11(16)17)13-5-6-1-2-14-20-6/h1-4,13H,5H2,(H,16,17). The third-order valence-corrected chi connectivity index (χ3v) is 2.46. The molecule has 0 aliphatic carbocycles. The van der Waals surface area contributed by atoms with Crippen LogP contribution in [0.25, 0.3) is 0 Å². The minimum atomic E-state index is -1.51. The summed E-state index contributed by atoms with van der Waals surface area (Å²) in [6, 6.07) is 2.96. The van der Waals surface area contributed by atoms with E-state index in [1.165, 1.54) is 12.3 Å². The molecule has 0 atom stereocenters. The molecule has 0 amide bonds. The number of hydrogen-bond acceptors (Lipinski definition) is 6. The lowest BCUT2D eigenvalue weighted by Gasteiger charge is -2.07. The number of halogens is 1. The van der Waals surface area contributed by atoms with Gasteiger partial charge in [0.1, 0.15) is 11.5 Å². The Bertz CT molecular complexity index is 656. The van der Waals surface area contributed by atoms with Gasteiger partial charge < -0.3 is 14.9 Å². The van der Waals surface area contributed by atoms with Crippen LogP contribution in [0.1, 0.15) is 16.1 Å². The van der Waals surface area contributed by atoms with E-state index in [0.717, 1.165) is 6.07 Å². The number of hydrogen-bond donors (Lipinski definition) is 2. The van der Waals surface area contributed by atoms with Gasteiger partial charge in [-0.1, -0.05) is 5.16 Å². The van der Waals surface area contributed by atoms with Crippen LogP contribution in [0, 0.1) is 15.9 Å². The molecule has 0 saturated heterocycles. The summed E-state index contributed by atoms with van der Waals surface area (Å²) >= 11 is 0. The fourth-order valence-corrected chi connectivity index (χ4v) is 1.53. The summed E-state index contributed by atoms with van der Waals surface area (Å²) in [5, 5.41) is 25.7. The largest absolute Gasteiger partial charge is 0.478 e. The van der Waals surface area contributed by atoms with Crippen LogP contribution in [0.15, 0.2) is 28.9 Å². The van der Waals surface area contributed by atoms with Crippen LogP contribution in [0.4, 0.5) is 15.8 Å². The van der Waals surface area contributed by atoms with Crippen LogP contribution >= 0.6 is 0 Å². The summed E-state index contributed by atoms with van der Waals surface area (Å²) in [6.45, 7) is 0.0472. The van der Waals surface area contributed by atoms with Crippen LogP contribution in [0.5, 0.6) is 0 Å². The van der Waals surface area contributed by atoms with Gasteiger partial charge in [0.05, 0.1) is 29.3 Å². The summed E-state index contributed by atoms with van der Waals surface area (Å²) < 4.78 is 18.2. The first-order chi connectivity index (χ1) is 9.49.